The number of rotatable bonds is 1. The molecular formula is C7H5F6NO3. The van der Waals surface area contributed by atoms with Gasteiger partial charge in [-0.3, -0.25) is 9.59 Å². The molecule has 1 amide bonds. The normalized spacial score (nSPS) is 19.8. The van der Waals surface area contributed by atoms with Crippen LogP contribution in [-0.4, -0.2) is 47.3 Å². The second-order valence-corrected chi connectivity index (χ2v) is 3.54. The van der Waals surface area contributed by atoms with Gasteiger partial charge >= 0.3 is 24.2 Å². The molecule has 0 aliphatic carbocycles. The summed E-state index contributed by atoms with van der Waals surface area (Å²) >= 11 is 0. The standard InChI is InChI=1S/C7H5F6NO3/c8-6(9,10)3(15)14-1-5(2-14,4(16)17)7(11,12)13/h1-2H2,(H,16,17). The van der Waals surface area contributed by atoms with Crippen molar-refractivity contribution >= 4 is 11.9 Å². The number of alkyl halides is 6. The van der Waals surface area contributed by atoms with Crippen LogP contribution in [0, 0.1) is 5.41 Å². The van der Waals surface area contributed by atoms with Crippen LogP contribution in [0.5, 0.6) is 0 Å². The van der Waals surface area contributed by atoms with Crippen LogP contribution in [0.1, 0.15) is 0 Å². The van der Waals surface area contributed by atoms with E-state index in [0.717, 1.165) is 0 Å². The van der Waals surface area contributed by atoms with E-state index < -0.39 is 42.7 Å². The van der Waals surface area contributed by atoms with E-state index in [1.165, 1.54) is 0 Å². The van der Waals surface area contributed by atoms with Crippen molar-refractivity contribution in [2.75, 3.05) is 13.1 Å². The van der Waals surface area contributed by atoms with Crippen LogP contribution in [0.15, 0.2) is 0 Å². The molecule has 98 valence electrons. The first-order valence-electron chi connectivity index (χ1n) is 4.08. The second-order valence-electron chi connectivity index (χ2n) is 3.54. The van der Waals surface area contributed by atoms with E-state index in [0.29, 0.717) is 0 Å². The third-order valence-corrected chi connectivity index (χ3v) is 2.40. The zero-order valence-electron chi connectivity index (χ0n) is 7.89. The maximum Gasteiger partial charge on any atom is 0.471 e. The topological polar surface area (TPSA) is 57.6 Å². The van der Waals surface area contributed by atoms with Crippen LogP contribution < -0.4 is 0 Å². The van der Waals surface area contributed by atoms with Gasteiger partial charge in [-0.05, 0) is 0 Å². The molecule has 1 N–H and O–H groups in total. The Morgan fingerprint density at radius 1 is 1.06 bits per heavy atom. The fourth-order valence-electron chi connectivity index (χ4n) is 1.36. The molecule has 0 aromatic rings. The minimum atomic E-state index is -5.31. The van der Waals surface area contributed by atoms with Gasteiger partial charge in [-0.25, -0.2) is 0 Å². The molecule has 1 fully saturated rings. The van der Waals surface area contributed by atoms with Crippen LogP contribution in [0.2, 0.25) is 0 Å². The van der Waals surface area contributed by atoms with Gasteiger partial charge in [0.15, 0.2) is 5.41 Å². The highest BCUT2D eigenvalue weighted by Crippen LogP contribution is 2.46. The molecule has 0 bridgehead atoms. The molecule has 1 rings (SSSR count). The van der Waals surface area contributed by atoms with Gasteiger partial charge in [-0.1, -0.05) is 0 Å². The summed E-state index contributed by atoms with van der Waals surface area (Å²) in [5.41, 5.74) is -3.30. The summed E-state index contributed by atoms with van der Waals surface area (Å²) in [6, 6.07) is 0. The van der Waals surface area contributed by atoms with Crippen molar-refractivity contribution in [3.8, 4) is 0 Å². The Bertz CT molecular complexity index is 354. The summed E-state index contributed by atoms with van der Waals surface area (Å²) in [6.45, 7) is -3.05. The number of hydrogen-bond acceptors (Lipinski definition) is 2. The first kappa shape index (κ1) is 13.6. The minimum Gasteiger partial charge on any atom is -0.480 e. The van der Waals surface area contributed by atoms with E-state index in [1.807, 2.05) is 0 Å². The molecule has 10 heteroatoms. The lowest BCUT2D eigenvalue weighted by Crippen LogP contribution is -2.69. The number of carbonyl (C=O) groups excluding carboxylic acids is 1. The Labute approximate surface area is 89.8 Å². The van der Waals surface area contributed by atoms with Gasteiger partial charge in [-0.15, -0.1) is 0 Å². The SMILES string of the molecule is O=C(N1CC(C(=O)O)(C(F)(F)F)C1)C(F)(F)F. The number of amides is 1. The number of halogens is 6. The average molecular weight is 265 g/mol. The molecule has 0 atom stereocenters. The third kappa shape index (κ3) is 2.03. The Morgan fingerprint density at radius 3 is 1.71 bits per heavy atom. The van der Waals surface area contributed by atoms with E-state index in [4.69, 9.17) is 5.11 Å². The van der Waals surface area contributed by atoms with Crippen molar-refractivity contribution in [3.63, 3.8) is 0 Å². The minimum absolute atomic E-state index is 0.193. The quantitative estimate of drug-likeness (QED) is 0.720. The number of likely N-dealkylation sites (tertiary alicyclic amines) is 1. The monoisotopic (exact) mass is 265 g/mol. The van der Waals surface area contributed by atoms with Gasteiger partial charge in [0.25, 0.3) is 0 Å². The zero-order valence-corrected chi connectivity index (χ0v) is 7.89. The third-order valence-electron chi connectivity index (χ3n) is 2.40. The van der Waals surface area contributed by atoms with Crippen LogP contribution >= 0.6 is 0 Å². The van der Waals surface area contributed by atoms with Gasteiger partial charge in [0, 0.05) is 13.1 Å². The highest BCUT2D eigenvalue weighted by atomic mass is 19.4. The summed E-state index contributed by atoms with van der Waals surface area (Å²) in [7, 11) is 0. The molecule has 4 nitrogen and oxygen atoms in total. The molecule has 17 heavy (non-hydrogen) atoms. The van der Waals surface area contributed by atoms with Crippen LogP contribution in [0.25, 0.3) is 0 Å². The molecular weight excluding hydrogens is 260 g/mol. The zero-order chi connectivity index (χ0) is 13.6. The number of nitrogens with zero attached hydrogens (tertiary/aromatic N) is 1. The maximum absolute atomic E-state index is 12.3. The first-order valence-corrected chi connectivity index (χ1v) is 4.08. The lowest BCUT2D eigenvalue weighted by molar-refractivity contribution is -0.269. The molecule has 0 aromatic heterocycles. The lowest BCUT2D eigenvalue weighted by atomic mass is 9.79. The fourth-order valence-corrected chi connectivity index (χ4v) is 1.36. The van der Waals surface area contributed by atoms with E-state index in [2.05, 4.69) is 0 Å². The molecule has 1 saturated heterocycles. The molecule has 0 spiro atoms. The average Bonchev–Trinajstić information content (AvgIpc) is 1.95. The largest absolute Gasteiger partial charge is 0.480 e. The second kappa shape index (κ2) is 3.50. The van der Waals surface area contributed by atoms with Gasteiger partial charge in [0.2, 0.25) is 0 Å². The molecule has 1 heterocycles. The van der Waals surface area contributed by atoms with Gasteiger partial charge < -0.3 is 10.0 Å². The predicted octanol–water partition coefficient (Wildman–Crippen LogP) is 1.02. The number of carboxylic acid groups (broad SMARTS) is 1. The summed E-state index contributed by atoms with van der Waals surface area (Å²) in [4.78, 5) is 20.8. The molecule has 1 aliphatic rings. The molecule has 0 saturated carbocycles. The van der Waals surface area contributed by atoms with Crippen molar-refractivity contribution in [1.82, 2.24) is 4.90 Å². The lowest BCUT2D eigenvalue weighted by Gasteiger charge is -2.47. The molecule has 1 aliphatic heterocycles. The summed E-state index contributed by atoms with van der Waals surface area (Å²) in [6.07, 6.45) is -10.5. The summed E-state index contributed by atoms with van der Waals surface area (Å²) in [5.74, 6) is -4.77. The summed E-state index contributed by atoms with van der Waals surface area (Å²) < 4.78 is 72.6. The van der Waals surface area contributed by atoms with Gasteiger partial charge in [-0.2, -0.15) is 26.3 Å². The van der Waals surface area contributed by atoms with Gasteiger partial charge in [0.05, 0.1) is 0 Å². The number of carbonyl (C=O) groups is 2. The smallest absolute Gasteiger partial charge is 0.471 e. The number of hydrogen-bond donors (Lipinski definition) is 1. The summed E-state index contributed by atoms with van der Waals surface area (Å²) in [5, 5.41) is 8.38. The van der Waals surface area contributed by atoms with E-state index in [1.54, 1.807) is 0 Å². The molecule has 0 aromatic carbocycles. The predicted molar refractivity (Wildman–Crippen MR) is 38.8 cm³/mol. The Balaban J connectivity index is 2.84. The Morgan fingerprint density at radius 2 is 1.47 bits per heavy atom. The van der Waals surface area contributed by atoms with Gasteiger partial charge in [0.1, 0.15) is 0 Å². The number of aliphatic carboxylic acids is 1. The van der Waals surface area contributed by atoms with E-state index in [-0.39, 0.29) is 4.90 Å². The van der Waals surface area contributed by atoms with Crippen molar-refractivity contribution in [3.05, 3.63) is 0 Å². The maximum atomic E-state index is 12.3. The Kier molecular flexibility index (Phi) is 2.80. The highest BCUT2D eigenvalue weighted by molar-refractivity contribution is 5.87. The van der Waals surface area contributed by atoms with Crippen molar-refractivity contribution < 1.29 is 41.0 Å². The van der Waals surface area contributed by atoms with Crippen LogP contribution in [0.3, 0.4) is 0 Å². The van der Waals surface area contributed by atoms with Crippen molar-refractivity contribution in [1.29, 1.82) is 0 Å². The molecule has 0 radical (unpaired) electrons. The van der Waals surface area contributed by atoms with E-state index in [9.17, 15) is 35.9 Å². The van der Waals surface area contributed by atoms with Crippen LogP contribution in [0.4, 0.5) is 26.3 Å². The van der Waals surface area contributed by atoms with Crippen molar-refractivity contribution in [2.45, 2.75) is 12.4 Å². The number of carboxylic acids is 1. The molecule has 0 unspecified atom stereocenters. The highest BCUT2D eigenvalue weighted by Gasteiger charge is 2.69. The fraction of sp³-hybridized carbons (Fsp3) is 0.714. The van der Waals surface area contributed by atoms with Crippen LogP contribution in [-0.2, 0) is 9.59 Å². The van der Waals surface area contributed by atoms with E-state index >= 15 is 0 Å². The first-order chi connectivity index (χ1) is 7.42. The van der Waals surface area contributed by atoms with Crippen molar-refractivity contribution in [2.24, 2.45) is 5.41 Å². The Hall–Kier alpha value is -1.48.